The maximum atomic E-state index is 12.2. The van der Waals surface area contributed by atoms with Gasteiger partial charge in [-0.1, -0.05) is 6.07 Å². The molecule has 1 saturated heterocycles. The number of hydrogen-bond acceptors (Lipinski definition) is 6. The fraction of sp³-hybridized carbons (Fsp3) is 0.286. The lowest BCUT2D eigenvalue weighted by Gasteiger charge is -2.19. The van der Waals surface area contributed by atoms with Gasteiger partial charge in [-0.15, -0.1) is 0 Å². The van der Waals surface area contributed by atoms with Crippen LogP contribution in [0.1, 0.15) is 34.3 Å². The Morgan fingerprint density at radius 1 is 1.04 bits per heavy atom. The van der Waals surface area contributed by atoms with E-state index in [0.717, 1.165) is 37.2 Å². The molecule has 1 fully saturated rings. The number of rotatable bonds is 4. The van der Waals surface area contributed by atoms with Crippen molar-refractivity contribution in [3.63, 3.8) is 0 Å². The van der Waals surface area contributed by atoms with Gasteiger partial charge in [-0.2, -0.15) is 0 Å². The van der Waals surface area contributed by atoms with Crippen LogP contribution in [0, 0.1) is 0 Å². The smallest absolute Gasteiger partial charge is 0.344 e. The van der Waals surface area contributed by atoms with Gasteiger partial charge in [0.25, 0.3) is 0 Å². The molecule has 140 valence electrons. The van der Waals surface area contributed by atoms with Gasteiger partial charge < -0.3 is 24.2 Å². The zero-order chi connectivity index (χ0) is 19.0. The number of hydrogen-bond donors (Lipinski definition) is 1. The first kappa shape index (κ1) is 17.3. The zero-order valence-electron chi connectivity index (χ0n) is 15.3. The van der Waals surface area contributed by atoms with Crippen molar-refractivity contribution in [2.75, 3.05) is 32.2 Å². The number of aromatic hydroxyl groups is 1. The van der Waals surface area contributed by atoms with Crippen LogP contribution in [0.5, 0.6) is 17.2 Å². The third-order valence-electron chi connectivity index (χ3n) is 4.96. The van der Waals surface area contributed by atoms with E-state index in [1.807, 2.05) is 12.1 Å². The highest BCUT2D eigenvalue weighted by Gasteiger charge is 2.29. The van der Waals surface area contributed by atoms with Crippen LogP contribution in [-0.4, -0.2) is 38.4 Å². The van der Waals surface area contributed by atoms with E-state index in [1.54, 1.807) is 31.4 Å². The number of esters is 1. The summed E-state index contributed by atoms with van der Waals surface area (Å²) >= 11 is 0. The maximum absolute atomic E-state index is 12.2. The Kier molecular flexibility index (Phi) is 4.39. The van der Waals surface area contributed by atoms with E-state index in [0.29, 0.717) is 28.4 Å². The second-order valence-electron chi connectivity index (χ2n) is 6.59. The van der Waals surface area contributed by atoms with Gasteiger partial charge in [0.1, 0.15) is 11.5 Å². The van der Waals surface area contributed by atoms with Crippen molar-refractivity contribution < 1.29 is 24.1 Å². The van der Waals surface area contributed by atoms with Crippen LogP contribution in [0.4, 0.5) is 5.69 Å². The van der Waals surface area contributed by atoms with Crippen LogP contribution in [0.25, 0.3) is 11.8 Å². The maximum Gasteiger partial charge on any atom is 0.344 e. The molecule has 2 heterocycles. The molecule has 0 aliphatic carbocycles. The molecular formula is C21H21NO5. The summed E-state index contributed by atoms with van der Waals surface area (Å²) in [5.74, 6) is 1.21. The molecule has 0 spiro atoms. The molecule has 0 bridgehead atoms. The van der Waals surface area contributed by atoms with Gasteiger partial charge >= 0.3 is 5.97 Å². The molecule has 0 unspecified atom stereocenters. The molecule has 2 aliphatic rings. The number of carbonyl (C=O) groups is 1. The molecular weight excluding hydrogens is 346 g/mol. The Morgan fingerprint density at radius 3 is 2.33 bits per heavy atom. The van der Waals surface area contributed by atoms with E-state index >= 15 is 0 Å². The Bertz CT molecular complexity index is 928. The number of phenols is 1. The summed E-state index contributed by atoms with van der Waals surface area (Å²) in [6.07, 6.45) is 4.02. The van der Waals surface area contributed by atoms with E-state index in [2.05, 4.69) is 4.90 Å². The van der Waals surface area contributed by atoms with Crippen molar-refractivity contribution in [2.24, 2.45) is 0 Å². The number of cyclic esters (lactones) is 1. The van der Waals surface area contributed by atoms with Crippen LogP contribution in [0.2, 0.25) is 0 Å². The molecule has 2 aromatic rings. The summed E-state index contributed by atoms with van der Waals surface area (Å²) in [5.41, 5.74) is 2.66. The molecule has 0 amide bonds. The Balaban J connectivity index is 1.70. The quantitative estimate of drug-likeness (QED) is 0.832. The predicted octanol–water partition coefficient (Wildman–Crippen LogP) is 3.68. The Labute approximate surface area is 157 Å². The lowest BCUT2D eigenvalue weighted by molar-refractivity contribution is 0.0717. The first-order valence-corrected chi connectivity index (χ1v) is 8.89. The van der Waals surface area contributed by atoms with Crippen molar-refractivity contribution in [1.29, 1.82) is 0 Å². The predicted molar refractivity (Wildman–Crippen MR) is 102 cm³/mol. The van der Waals surface area contributed by atoms with Gasteiger partial charge in [0.15, 0.2) is 11.5 Å². The molecule has 4 rings (SSSR count). The number of anilines is 1. The van der Waals surface area contributed by atoms with Crippen LogP contribution in [0.3, 0.4) is 0 Å². The summed E-state index contributed by atoms with van der Waals surface area (Å²) in [6.45, 7) is 1.92. The van der Waals surface area contributed by atoms with Crippen LogP contribution < -0.4 is 14.4 Å². The van der Waals surface area contributed by atoms with Crippen LogP contribution in [0.15, 0.2) is 30.3 Å². The summed E-state index contributed by atoms with van der Waals surface area (Å²) in [7, 11) is 3.06. The number of carbonyl (C=O) groups excluding carboxylic acids is 1. The number of benzene rings is 2. The lowest BCUT2D eigenvalue weighted by atomic mass is 10.0. The van der Waals surface area contributed by atoms with Gasteiger partial charge in [0.05, 0.1) is 25.5 Å². The topological polar surface area (TPSA) is 68.2 Å². The summed E-state index contributed by atoms with van der Waals surface area (Å²) < 4.78 is 16.0. The van der Waals surface area contributed by atoms with Crippen molar-refractivity contribution in [3.05, 3.63) is 47.0 Å². The van der Waals surface area contributed by atoms with E-state index in [1.165, 1.54) is 7.11 Å². The van der Waals surface area contributed by atoms with Gasteiger partial charge in [-0.05, 0) is 48.7 Å². The van der Waals surface area contributed by atoms with Crippen LogP contribution >= 0.6 is 0 Å². The Hall–Kier alpha value is -3.15. The van der Waals surface area contributed by atoms with Crippen molar-refractivity contribution in [2.45, 2.75) is 12.8 Å². The minimum atomic E-state index is -0.435. The normalized spacial score (nSPS) is 17.2. The molecule has 0 saturated carbocycles. The number of nitrogens with zero attached hydrogens (tertiary/aromatic N) is 1. The van der Waals surface area contributed by atoms with E-state index < -0.39 is 5.97 Å². The van der Waals surface area contributed by atoms with Crippen molar-refractivity contribution >= 4 is 23.5 Å². The number of phenolic OH excluding ortho intramolecular Hbond substituents is 1. The van der Waals surface area contributed by atoms with E-state index in [4.69, 9.17) is 14.2 Å². The lowest BCUT2D eigenvalue weighted by Crippen LogP contribution is -2.17. The number of methoxy groups -OCH3 is 2. The highest BCUT2D eigenvalue weighted by atomic mass is 16.5. The second-order valence-corrected chi connectivity index (χ2v) is 6.59. The average Bonchev–Trinajstić information content (AvgIpc) is 3.30. The first-order chi connectivity index (χ1) is 13.1. The first-order valence-electron chi connectivity index (χ1n) is 8.89. The van der Waals surface area contributed by atoms with Gasteiger partial charge in [-0.25, -0.2) is 4.79 Å². The molecule has 0 radical (unpaired) electrons. The van der Waals surface area contributed by atoms with E-state index in [-0.39, 0.29) is 5.75 Å². The zero-order valence-corrected chi connectivity index (χ0v) is 15.3. The molecule has 2 aromatic carbocycles. The van der Waals surface area contributed by atoms with E-state index in [9.17, 15) is 9.90 Å². The van der Waals surface area contributed by atoms with Gasteiger partial charge in [-0.3, -0.25) is 0 Å². The summed E-state index contributed by atoms with van der Waals surface area (Å²) in [4.78, 5) is 14.4. The molecule has 6 nitrogen and oxygen atoms in total. The van der Waals surface area contributed by atoms with Crippen molar-refractivity contribution in [1.82, 2.24) is 0 Å². The summed E-state index contributed by atoms with van der Waals surface area (Å²) in [5, 5.41) is 10.4. The fourth-order valence-electron chi connectivity index (χ4n) is 3.58. The monoisotopic (exact) mass is 367 g/mol. The number of ether oxygens (including phenoxy) is 3. The van der Waals surface area contributed by atoms with Gasteiger partial charge in [0.2, 0.25) is 0 Å². The third kappa shape index (κ3) is 3.07. The molecule has 27 heavy (non-hydrogen) atoms. The molecule has 2 aliphatic heterocycles. The molecule has 6 heteroatoms. The second kappa shape index (κ2) is 6.87. The fourth-order valence-corrected chi connectivity index (χ4v) is 3.58. The van der Waals surface area contributed by atoms with Crippen molar-refractivity contribution in [3.8, 4) is 17.2 Å². The SMILES string of the molecule is COc1cc2c(cc1OC)/C(=C/c1ccc(N3CCCC3)c(O)c1)OC2=O. The average molecular weight is 367 g/mol. The highest BCUT2D eigenvalue weighted by Crippen LogP contribution is 2.40. The van der Waals surface area contributed by atoms with Crippen LogP contribution in [-0.2, 0) is 4.74 Å². The van der Waals surface area contributed by atoms with Gasteiger partial charge in [0, 0.05) is 18.7 Å². The number of fused-ring (bicyclic) bond motifs is 1. The largest absolute Gasteiger partial charge is 0.506 e. The molecule has 0 aromatic heterocycles. The minimum Gasteiger partial charge on any atom is -0.506 e. The molecule has 1 N–H and O–H groups in total. The standard InChI is InChI=1S/C21H21NO5/c1-25-19-11-14-15(12-20(19)26-2)21(24)27-18(14)10-13-5-6-16(17(23)9-13)22-7-3-4-8-22/h5-6,9-12,23H,3-4,7-8H2,1-2H3/b18-10-. The molecule has 0 atom stereocenters. The third-order valence-corrected chi connectivity index (χ3v) is 4.96. The minimum absolute atomic E-state index is 0.225. The highest BCUT2D eigenvalue weighted by molar-refractivity contribution is 6.06. The Morgan fingerprint density at radius 2 is 1.70 bits per heavy atom. The summed E-state index contributed by atoms with van der Waals surface area (Å²) in [6, 6.07) is 8.84.